The van der Waals surface area contributed by atoms with E-state index in [-0.39, 0.29) is 0 Å². The Labute approximate surface area is 191 Å². The van der Waals surface area contributed by atoms with Crippen LogP contribution in [0.25, 0.3) is 22.2 Å². The molecule has 1 aromatic carbocycles. The maximum atomic E-state index is 6.21. The number of hydrogen-bond acceptors (Lipinski definition) is 7. The minimum Gasteiger partial charge on any atom is -0.381 e. The molecule has 0 amide bonds. The van der Waals surface area contributed by atoms with Crippen LogP contribution in [0.2, 0.25) is 25.7 Å². The zero-order chi connectivity index (χ0) is 22.7. The fourth-order valence-electron chi connectivity index (χ4n) is 3.90. The Morgan fingerprint density at radius 3 is 2.75 bits per heavy atom. The molecule has 4 rings (SSSR count). The Hall–Kier alpha value is -2.49. The largest absolute Gasteiger partial charge is 0.381 e. The summed E-state index contributed by atoms with van der Waals surface area (Å²) in [6, 6.07) is 7.42. The molecular formula is C23H35N7OSi. The van der Waals surface area contributed by atoms with Gasteiger partial charge in [-0.15, -0.1) is 0 Å². The van der Waals surface area contributed by atoms with Crippen LogP contribution < -0.4 is 10.6 Å². The van der Waals surface area contributed by atoms with Gasteiger partial charge in [-0.3, -0.25) is 0 Å². The summed E-state index contributed by atoms with van der Waals surface area (Å²) in [5.74, 6) is 1.27. The molecule has 0 atom stereocenters. The minimum absolute atomic E-state index is 0.475. The monoisotopic (exact) mass is 453 g/mol. The smallest absolute Gasteiger partial charge is 0.172 e. The highest BCUT2D eigenvalue weighted by Crippen LogP contribution is 2.27. The predicted octanol–water partition coefficient (Wildman–Crippen LogP) is 3.53. The molecule has 3 heterocycles. The first-order valence-corrected chi connectivity index (χ1v) is 15.1. The van der Waals surface area contributed by atoms with Crippen molar-refractivity contribution in [2.75, 3.05) is 50.5 Å². The molecule has 1 fully saturated rings. The second kappa shape index (κ2) is 9.56. The van der Waals surface area contributed by atoms with Crippen LogP contribution in [-0.2, 0) is 11.5 Å². The lowest BCUT2D eigenvalue weighted by molar-refractivity contribution is 0.0817. The average molecular weight is 454 g/mol. The molecular weight excluding hydrogens is 418 g/mol. The molecule has 0 radical (unpaired) electrons. The minimum atomic E-state index is -1.09. The first-order valence-electron chi connectivity index (χ1n) is 11.4. The van der Waals surface area contributed by atoms with Gasteiger partial charge in [0.15, 0.2) is 11.6 Å². The number of nitrogens with two attached hydrogens (primary N) is 1. The number of ether oxygens (including phenoxy) is 1. The molecule has 2 aromatic heterocycles. The molecule has 2 N–H and O–H groups in total. The summed E-state index contributed by atoms with van der Waals surface area (Å²) in [5, 5.41) is 5.58. The number of nitrogen functional groups attached to an aromatic ring is 1. The molecule has 172 valence electrons. The number of nitrogens with zero attached hydrogens (tertiary/aromatic N) is 6. The highest BCUT2D eigenvalue weighted by atomic mass is 28.3. The summed E-state index contributed by atoms with van der Waals surface area (Å²) in [4.78, 5) is 14.0. The van der Waals surface area contributed by atoms with E-state index in [9.17, 15) is 0 Å². The molecule has 8 nitrogen and oxygen atoms in total. The highest BCUT2D eigenvalue weighted by molar-refractivity contribution is 6.76. The van der Waals surface area contributed by atoms with Crippen LogP contribution in [0.3, 0.4) is 0 Å². The van der Waals surface area contributed by atoms with E-state index in [2.05, 4.69) is 64.8 Å². The number of fused-ring (bicyclic) bond motifs is 1. The molecule has 0 unspecified atom stereocenters. The molecule has 9 heteroatoms. The summed E-state index contributed by atoms with van der Waals surface area (Å²) in [6.07, 6.45) is 4.73. The number of likely N-dealkylation sites (N-methyl/N-ethyl adjacent to an activating group) is 1. The van der Waals surface area contributed by atoms with Crippen LogP contribution >= 0.6 is 0 Å². The first kappa shape index (κ1) is 22.7. The van der Waals surface area contributed by atoms with Crippen molar-refractivity contribution in [1.82, 2.24) is 24.6 Å². The van der Waals surface area contributed by atoms with Crippen molar-refractivity contribution in [1.29, 1.82) is 0 Å². The van der Waals surface area contributed by atoms with E-state index in [0.717, 1.165) is 73.2 Å². The topological polar surface area (TPSA) is 85.3 Å². The number of aromatic nitrogens is 4. The van der Waals surface area contributed by atoms with Gasteiger partial charge in [-0.1, -0.05) is 25.7 Å². The van der Waals surface area contributed by atoms with Gasteiger partial charge < -0.3 is 20.3 Å². The fourth-order valence-corrected chi connectivity index (χ4v) is 4.65. The second-order valence-corrected chi connectivity index (χ2v) is 15.5. The van der Waals surface area contributed by atoms with E-state index in [1.807, 2.05) is 10.9 Å². The lowest BCUT2D eigenvalue weighted by atomic mass is 10.1. The van der Waals surface area contributed by atoms with Crippen molar-refractivity contribution in [2.45, 2.75) is 38.8 Å². The quantitative estimate of drug-likeness (QED) is 0.433. The van der Waals surface area contributed by atoms with E-state index < -0.39 is 8.07 Å². The summed E-state index contributed by atoms with van der Waals surface area (Å²) in [5.41, 5.74) is 9.10. The maximum Gasteiger partial charge on any atom is 0.172 e. The van der Waals surface area contributed by atoms with Crippen molar-refractivity contribution in [3.8, 4) is 11.3 Å². The summed E-state index contributed by atoms with van der Waals surface area (Å²) < 4.78 is 7.79. The molecule has 0 spiro atoms. The first-order chi connectivity index (χ1) is 15.3. The summed E-state index contributed by atoms with van der Waals surface area (Å²) in [6.45, 7) is 12.3. The van der Waals surface area contributed by atoms with Crippen LogP contribution in [-0.4, -0.2) is 72.6 Å². The third-order valence-electron chi connectivity index (χ3n) is 5.95. The van der Waals surface area contributed by atoms with Crippen LogP contribution in [0.5, 0.6) is 0 Å². The lowest BCUT2D eigenvalue weighted by Crippen LogP contribution is -2.30. The number of hydrogen-bond donors (Lipinski definition) is 1. The SMILES string of the molecule is CN1CCCN(c2nc(-c3ccc4c(cnn4COCC[Si](C)(C)C)c3)cnc2N)CC1. The van der Waals surface area contributed by atoms with Gasteiger partial charge in [0, 0.05) is 45.3 Å². The third-order valence-corrected chi connectivity index (χ3v) is 7.65. The van der Waals surface area contributed by atoms with E-state index in [4.69, 9.17) is 15.5 Å². The van der Waals surface area contributed by atoms with Crippen molar-refractivity contribution in [2.24, 2.45) is 0 Å². The Kier molecular flexibility index (Phi) is 6.78. The highest BCUT2D eigenvalue weighted by Gasteiger charge is 2.18. The lowest BCUT2D eigenvalue weighted by Gasteiger charge is -2.23. The normalized spacial score (nSPS) is 15.9. The number of rotatable bonds is 7. The van der Waals surface area contributed by atoms with Crippen molar-refractivity contribution in [3.05, 3.63) is 30.6 Å². The zero-order valence-electron chi connectivity index (χ0n) is 19.7. The zero-order valence-corrected chi connectivity index (χ0v) is 20.7. The third kappa shape index (κ3) is 5.46. The molecule has 1 saturated heterocycles. The molecule has 0 saturated carbocycles. The molecule has 3 aromatic rings. The summed E-state index contributed by atoms with van der Waals surface area (Å²) in [7, 11) is 1.07. The van der Waals surface area contributed by atoms with E-state index in [1.165, 1.54) is 0 Å². The fraction of sp³-hybridized carbons (Fsp3) is 0.522. The van der Waals surface area contributed by atoms with E-state index in [0.29, 0.717) is 12.5 Å². The summed E-state index contributed by atoms with van der Waals surface area (Å²) >= 11 is 0. The van der Waals surface area contributed by atoms with Gasteiger partial charge in [0.05, 0.1) is 23.6 Å². The maximum absolute atomic E-state index is 6.21. The molecule has 1 aliphatic rings. The molecule has 0 bridgehead atoms. The van der Waals surface area contributed by atoms with Gasteiger partial charge >= 0.3 is 0 Å². The van der Waals surface area contributed by atoms with Gasteiger partial charge in [0.25, 0.3) is 0 Å². The Morgan fingerprint density at radius 2 is 1.94 bits per heavy atom. The Bertz CT molecular complexity index is 1060. The second-order valence-electron chi connectivity index (χ2n) is 9.87. The standard InChI is InChI=1S/C23H35N7OSi/c1-28-8-5-9-29(11-10-28)23-22(24)25-16-20(27-23)18-6-7-21-19(14-18)15-26-30(21)17-31-12-13-32(2,3)4/h6-7,14-16H,5,8-13,17H2,1-4H3,(H2,24,25). The average Bonchev–Trinajstić information content (AvgIpc) is 3.03. The van der Waals surface area contributed by atoms with Gasteiger partial charge in [0.1, 0.15) is 6.73 Å². The van der Waals surface area contributed by atoms with Crippen molar-refractivity contribution < 1.29 is 4.74 Å². The van der Waals surface area contributed by atoms with E-state index in [1.54, 1.807) is 6.20 Å². The van der Waals surface area contributed by atoms with Crippen LogP contribution in [0.4, 0.5) is 11.6 Å². The molecule has 1 aliphatic heterocycles. The Balaban J connectivity index is 1.51. The molecule has 0 aliphatic carbocycles. The van der Waals surface area contributed by atoms with Crippen LogP contribution in [0.1, 0.15) is 6.42 Å². The predicted molar refractivity (Wildman–Crippen MR) is 134 cm³/mol. The van der Waals surface area contributed by atoms with Gasteiger partial charge in [-0.05, 0) is 38.2 Å². The van der Waals surface area contributed by atoms with Crippen molar-refractivity contribution >= 4 is 30.6 Å². The Morgan fingerprint density at radius 1 is 1.09 bits per heavy atom. The van der Waals surface area contributed by atoms with E-state index >= 15 is 0 Å². The van der Waals surface area contributed by atoms with Crippen molar-refractivity contribution in [3.63, 3.8) is 0 Å². The van der Waals surface area contributed by atoms with Crippen LogP contribution in [0, 0.1) is 0 Å². The van der Waals surface area contributed by atoms with Crippen LogP contribution in [0.15, 0.2) is 30.6 Å². The number of benzene rings is 1. The van der Waals surface area contributed by atoms with Gasteiger partial charge in [-0.2, -0.15) is 5.10 Å². The number of anilines is 2. The molecule has 32 heavy (non-hydrogen) atoms. The van der Waals surface area contributed by atoms with Gasteiger partial charge in [-0.25, -0.2) is 14.6 Å². The van der Waals surface area contributed by atoms with Gasteiger partial charge in [0.2, 0.25) is 0 Å².